The highest BCUT2D eigenvalue weighted by molar-refractivity contribution is 5.94. The number of likely N-dealkylation sites (tertiary alicyclic amines) is 1. The van der Waals surface area contributed by atoms with Crippen LogP contribution in [-0.4, -0.2) is 48.6 Å². The molecule has 174 valence electrons. The molecule has 1 unspecified atom stereocenters. The number of hydrogen-bond donors (Lipinski definition) is 1. The van der Waals surface area contributed by atoms with Gasteiger partial charge in [0.15, 0.2) is 0 Å². The van der Waals surface area contributed by atoms with Gasteiger partial charge in [-0.15, -0.1) is 0 Å². The van der Waals surface area contributed by atoms with Crippen LogP contribution in [0.1, 0.15) is 19.3 Å². The van der Waals surface area contributed by atoms with Crippen LogP contribution in [0.4, 0.5) is 0 Å². The first-order valence-corrected chi connectivity index (χ1v) is 12.4. The Hall–Kier alpha value is -4.00. The maximum Gasteiger partial charge on any atom is 0.225 e. The van der Waals surface area contributed by atoms with E-state index >= 15 is 0 Å². The number of H-pyrrole nitrogens is 1. The van der Waals surface area contributed by atoms with Crippen molar-refractivity contribution in [3.05, 3.63) is 67.1 Å². The molecule has 7 nitrogen and oxygen atoms in total. The Bertz CT molecular complexity index is 1550. The van der Waals surface area contributed by atoms with Crippen LogP contribution in [0.25, 0.3) is 44.5 Å². The fourth-order valence-corrected chi connectivity index (χ4v) is 5.43. The van der Waals surface area contributed by atoms with Crippen molar-refractivity contribution in [2.45, 2.75) is 25.8 Å². The van der Waals surface area contributed by atoms with Gasteiger partial charge >= 0.3 is 0 Å². The first-order chi connectivity index (χ1) is 17.2. The predicted molar refractivity (Wildman–Crippen MR) is 135 cm³/mol. The van der Waals surface area contributed by atoms with Crippen molar-refractivity contribution in [3.8, 4) is 22.5 Å². The van der Waals surface area contributed by atoms with E-state index in [1.54, 1.807) is 0 Å². The molecule has 5 aromatic rings. The highest BCUT2D eigenvalue weighted by Gasteiger charge is 2.36. The van der Waals surface area contributed by atoms with Gasteiger partial charge in [0.2, 0.25) is 5.91 Å². The van der Waals surface area contributed by atoms with E-state index in [4.69, 9.17) is 4.98 Å². The summed E-state index contributed by atoms with van der Waals surface area (Å²) in [5, 5.41) is 8.36. The Labute approximate surface area is 202 Å². The highest BCUT2D eigenvalue weighted by atomic mass is 16.2. The molecule has 1 amide bonds. The van der Waals surface area contributed by atoms with Crippen molar-refractivity contribution in [1.29, 1.82) is 0 Å². The fraction of sp³-hybridized carbons (Fsp3) is 0.286. The summed E-state index contributed by atoms with van der Waals surface area (Å²) < 4.78 is 2.32. The number of pyridine rings is 1. The maximum absolute atomic E-state index is 12.6. The molecule has 1 atom stereocenters. The van der Waals surface area contributed by atoms with Crippen LogP contribution < -0.4 is 0 Å². The SMILES string of the molecule is O=C(C1CC1)N1CCC(Cn2c(-c3ccc(-c4cccc5[nH]ncc45)cc3)nc3cnccc32)C1. The van der Waals surface area contributed by atoms with Crippen LogP contribution in [0.15, 0.2) is 67.1 Å². The van der Waals surface area contributed by atoms with Crippen molar-refractivity contribution in [1.82, 2.24) is 29.6 Å². The smallest absolute Gasteiger partial charge is 0.225 e. The summed E-state index contributed by atoms with van der Waals surface area (Å²) in [6, 6.07) is 16.9. The molecule has 4 heterocycles. The van der Waals surface area contributed by atoms with Gasteiger partial charge in [-0.1, -0.05) is 36.4 Å². The van der Waals surface area contributed by atoms with E-state index in [2.05, 4.69) is 61.0 Å². The van der Waals surface area contributed by atoms with Crippen LogP contribution in [0.5, 0.6) is 0 Å². The molecule has 7 rings (SSSR count). The average molecular weight is 463 g/mol. The normalized spacial score (nSPS) is 18.1. The van der Waals surface area contributed by atoms with Crippen molar-refractivity contribution < 1.29 is 4.79 Å². The van der Waals surface area contributed by atoms with E-state index in [-0.39, 0.29) is 5.92 Å². The molecule has 2 aromatic carbocycles. The van der Waals surface area contributed by atoms with Crippen molar-refractivity contribution >= 4 is 27.8 Å². The molecule has 1 N–H and O–H groups in total. The molecule has 35 heavy (non-hydrogen) atoms. The summed E-state index contributed by atoms with van der Waals surface area (Å²) in [7, 11) is 0. The van der Waals surface area contributed by atoms with Gasteiger partial charge in [0, 0.05) is 42.7 Å². The molecule has 7 heteroatoms. The molecule has 2 aliphatic rings. The molecule has 1 aliphatic carbocycles. The number of carbonyl (C=O) groups excluding carboxylic acids is 1. The van der Waals surface area contributed by atoms with E-state index in [9.17, 15) is 4.79 Å². The van der Waals surface area contributed by atoms with Crippen molar-refractivity contribution in [3.63, 3.8) is 0 Å². The van der Waals surface area contributed by atoms with Crippen LogP contribution in [0, 0.1) is 11.8 Å². The third-order valence-corrected chi connectivity index (χ3v) is 7.45. The van der Waals surface area contributed by atoms with Gasteiger partial charge < -0.3 is 9.47 Å². The van der Waals surface area contributed by atoms with E-state index < -0.39 is 0 Å². The van der Waals surface area contributed by atoms with Gasteiger partial charge in [-0.05, 0) is 48.4 Å². The molecule has 1 saturated carbocycles. The summed E-state index contributed by atoms with van der Waals surface area (Å²) in [6.07, 6.45) is 8.71. The van der Waals surface area contributed by atoms with Gasteiger partial charge in [-0.3, -0.25) is 14.9 Å². The summed E-state index contributed by atoms with van der Waals surface area (Å²) in [6.45, 7) is 2.56. The topological polar surface area (TPSA) is 79.7 Å². The fourth-order valence-electron chi connectivity index (χ4n) is 5.43. The number of nitrogens with one attached hydrogen (secondary N) is 1. The maximum atomic E-state index is 12.6. The summed E-state index contributed by atoms with van der Waals surface area (Å²) in [5.41, 5.74) is 6.41. The number of aromatic nitrogens is 5. The number of benzene rings is 2. The number of nitrogens with zero attached hydrogens (tertiary/aromatic N) is 5. The minimum Gasteiger partial charge on any atom is -0.342 e. The van der Waals surface area contributed by atoms with Gasteiger partial charge in [-0.25, -0.2) is 4.98 Å². The number of amides is 1. The molecule has 0 spiro atoms. The second kappa shape index (κ2) is 8.05. The first kappa shape index (κ1) is 20.4. The van der Waals surface area contributed by atoms with Crippen LogP contribution >= 0.6 is 0 Å². The van der Waals surface area contributed by atoms with Gasteiger partial charge in [0.05, 0.1) is 23.4 Å². The van der Waals surface area contributed by atoms with E-state index in [0.29, 0.717) is 11.8 Å². The Morgan fingerprint density at radius 2 is 1.86 bits per heavy atom. The second-order valence-electron chi connectivity index (χ2n) is 9.84. The average Bonchev–Trinajstić information content (AvgIpc) is 3.28. The Balaban J connectivity index is 1.21. The van der Waals surface area contributed by atoms with E-state index in [1.165, 1.54) is 0 Å². The lowest BCUT2D eigenvalue weighted by Crippen LogP contribution is -2.30. The Morgan fingerprint density at radius 3 is 2.71 bits per heavy atom. The number of fused-ring (bicyclic) bond motifs is 2. The monoisotopic (exact) mass is 462 g/mol. The standard InChI is InChI=1S/C28H26N6O/c35-28(21-8-9-21)33-13-11-18(16-33)17-34-26-10-12-29-15-25(26)31-27(34)20-6-4-19(5-7-20)22-2-1-3-24-23(22)14-30-32-24/h1-7,10,12,14-15,18,21H,8-9,11,13,16-17H2,(H,30,32). The molecule has 3 aromatic heterocycles. The molecule has 1 saturated heterocycles. The van der Waals surface area contributed by atoms with E-state index in [0.717, 1.165) is 83.3 Å². The van der Waals surface area contributed by atoms with E-state index in [1.807, 2.05) is 30.7 Å². The molecule has 0 bridgehead atoms. The minimum absolute atomic E-state index is 0.288. The lowest BCUT2D eigenvalue weighted by Gasteiger charge is -2.18. The number of rotatable bonds is 5. The van der Waals surface area contributed by atoms with Gasteiger partial charge in [0.25, 0.3) is 0 Å². The first-order valence-electron chi connectivity index (χ1n) is 12.4. The predicted octanol–water partition coefficient (Wildman–Crippen LogP) is 4.90. The Kier molecular flexibility index (Phi) is 4.68. The number of imidazole rings is 1. The number of carbonyl (C=O) groups is 1. The van der Waals surface area contributed by atoms with Crippen molar-refractivity contribution in [2.24, 2.45) is 11.8 Å². The number of aromatic amines is 1. The minimum atomic E-state index is 0.288. The molecular weight excluding hydrogens is 436 g/mol. The second-order valence-corrected chi connectivity index (χ2v) is 9.84. The van der Waals surface area contributed by atoms with Gasteiger partial charge in [-0.2, -0.15) is 5.10 Å². The quantitative estimate of drug-likeness (QED) is 0.403. The molecular formula is C28H26N6O. The summed E-state index contributed by atoms with van der Waals surface area (Å²) in [5.74, 6) is 2.03. The largest absolute Gasteiger partial charge is 0.342 e. The summed E-state index contributed by atoms with van der Waals surface area (Å²) >= 11 is 0. The molecule has 0 radical (unpaired) electrons. The number of hydrogen-bond acceptors (Lipinski definition) is 4. The van der Waals surface area contributed by atoms with Crippen molar-refractivity contribution in [2.75, 3.05) is 13.1 Å². The molecule has 2 fully saturated rings. The summed E-state index contributed by atoms with van der Waals surface area (Å²) in [4.78, 5) is 23.9. The van der Waals surface area contributed by atoms with Gasteiger partial charge in [0.1, 0.15) is 11.3 Å². The third kappa shape index (κ3) is 3.58. The zero-order valence-electron chi connectivity index (χ0n) is 19.4. The zero-order valence-corrected chi connectivity index (χ0v) is 19.4. The van der Waals surface area contributed by atoms with Crippen LogP contribution in [0.2, 0.25) is 0 Å². The lowest BCUT2D eigenvalue weighted by molar-refractivity contribution is -0.131. The lowest BCUT2D eigenvalue weighted by atomic mass is 10.0. The Morgan fingerprint density at radius 1 is 1.00 bits per heavy atom. The van der Waals surface area contributed by atoms with Crippen LogP contribution in [-0.2, 0) is 11.3 Å². The zero-order chi connectivity index (χ0) is 23.4. The third-order valence-electron chi connectivity index (χ3n) is 7.45. The van der Waals surface area contributed by atoms with Crippen LogP contribution in [0.3, 0.4) is 0 Å². The molecule has 1 aliphatic heterocycles. The highest BCUT2D eigenvalue weighted by Crippen LogP contribution is 2.34.